The van der Waals surface area contributed by atoms with Gasteiger partial charge < -0.3 is 9.72 Å². The molecule has 0 aliphatic carbocycles. The number of hydrazone groups is 1. The number of aromatic nitrogens is 1. The van der Waals surface area contributed by atoms with Crippen molar-refractivity contribution >= 4 is 39.1 Å². The molecule has 0 radical (unpaired) electrons. The van der Waals surface area contributed by atoms with Crippen molar-refractivity contribution in [3.63, 3.8) is 0 Å². The molecule has 0 fully saturated rings. The van der Waals surface area contributed by atoms with Gasteiger partial charge >= 0.3 is 6.09 Å². The first kappa shape index (κ1) is 12.6. The van der Waals surface area contributed by atoms with Gasteiger partial charge in [0.15, 0.2) is 0 Å². The van der Waals surface area contributed by atoms with Gasteiger partial charge in [0.2, 0.25) is 0 Å². The van der Waals surface area contributed by atoms with Crippen LogP contribution >= 0.6 is 15.9 Å². The van der Waals surface area contributed by atoms with E-state index in [4.69, 9.17) is 0 Å². The molecule has 18 heavy (non-hydrogen) atoms. The van der Waals surface area contributed by atoms with Crippen LogP contribution in [0.5, 0.6) is 0 Å². The summed E-state index contributed by atoms with van der Waals surface area (Å²) in [6.07, 6.45) is 2.84. The fraction of sp³-hybridized carbons (Fsp3) is 0.167. The molecule has 2 N–H and O–H groups in total. The van der Waals surface area contributed by atoms with Crippen molar-refractivity contribution in [2.45, 2.75) is 6.92 Å². The largest absolute Gasteiger partial charge is 0.449 e. The van der Waals surface area contributed by atoms with Crippen molar-refractivity contribution in [3.05, 3.63) is 34.4 Å². The fourth-order valence-electron chi connectivity index (χ4n) is 1.54. The van der Waals surface area contributed by atoms with Crippen LogP contribution in [0.2, 0.25) is 0 Å². The van der Waals surface area contributed by atoms with Crippen molar-refractivity contribution in [2.24, 2.45) is 5.10 Å². The summed E-state index contributed by atoms with van der Waals surface area (Å²) in [4.78, 5) is 14.1. The van der Waals surface area contributed by atoms with E-state index >= 15 is 0 Å². The van der Waals surface area contributed by atoms with Crippen molar-refractivity contribution in [1.82, 2.24) is 10.4 Å². The Kier molecular flexibility index (Phi) is 3.99. The topological polar surface area (TPSA) is 66.5 Å². The van der Waals surface area contributed by atoms with E-state index < -0.39 is 6.09 Å². The summed E-state index contributed by atoms with van der Waals surface area (Å²) in [6.45, 7) is 2.06. The highest BCUT2D eigenvalue weighted by atomic mass is 79.9. The Hall–Kier alpha value is -1.82. The monoisotopic (exact) mass is 309 g/mol. The van der Waals surface area contributed by atoms with Crippen molar-refractivity contribution in [1.29, 1.82) is 0 Å². The second-order valence-corrected chi connectivity index (χ2v) is 4.44. The van der Waals surface area contributed by atoms with Gasteiger partial charge in [0.05, 0.1) is 12.8 Å². The first-order valence-electron chi connectivity index (χ1n) is 5.43. The lowest BCUT2D eigenvalue weighted by molar-refractivity contribution is 0.152. The molecule has 0 saturated heterocycles. The van der Waals surface area contributed by atoms with Crippen LogP contribution in [0.3, 0.4) is 0 Å². The minimum atomic E-state index is -0.560. The molecule has 1 amide bonds. The van der Waals surface area contributed by atoms with E-state index in [-0.39, 0.29) is 0 Å². The molecule has 0 bridgehead atoms. The van der Waals surface area contributed by atoms with Gasteiger partial charge in [0.1, 0.15) is 0 Å². The number of rotatable bonds is 3. The van der Waals surface area contributed by atoms with Crippen molar-refractivity contribution in [2.75, 3.05) is 6.61 Å². The molecule has 5 nitrogen and oxygen atoms in total. The predicted molar refractivity (Wildman–Crippen MR) is 73.8 cm³/mol. The third-order valence-electron chi connectivity index (χ3n) is 2.31. The molecule has 94 valence electrons. The van der Waals surface area contributed by atoms with Crippen LogP contribution in [-0.4, -0.2) is 23.9 Å². The number of nitrogens with zero attached hydrogens (tertiary/aromatic N) is 1. The average molecular weight is 310 g/mol. The summed E-state index contributed by atoms with van der Waals surface area (Å²) < 4.78 is 5.68. The molecule has 1 heterocycles. The summed E-state index contributed by atoms with van der Waals surface area (Å²) in [5, 5.41) is 4.85. The number of carbonyl (C=O) groups is 1. The predicted octanol–water partition coefficient (Wildman–Crippen LogP) is 3.01. The van der Waals surface area contributed by atoms with Gasteiger partial charge in [-0.15, -0.1) is 0 Å². The van der Waals surface area contributed by atoms with Crippen LogP contribution in [0.25, 0.3) is 10.9 Å². The first-order valence-corrected chi connectivity index (χ1v) is 6.22. The van der Waals surface area contributed by atoms with Gasteiger partial charge in [-0.25, -0.2) is 10.2 Å². The summed E-state index contributed by atoms with van der Waals surface area (Å²) >= 11 is 3.42. The van der Waals surface area contributed by atoms with Crippen LogP contribution in [0.1, 0.15) is 12.5 Å². The van der Waals surface area contributed by atoms with Gasteiger partial charge in [0.25, 0.3) is 0 Å². The molecule has 0 aliphatic rings. The number of hydrogen-bond acceptors (Lipinski definition) is 3. The molecule has 0 unspecified atom stereocenters. The highest BCUT2D eigenvalue weighted by Gasteiger charge is 2.02. The van der Waals surface area contributed by atoms with Crippen LogP contribution in [0.4, 0.5) is 4.79 Å². The van der Waals surface area contributed by atoms with Gasteiger partial charge in [-0.2, -0.15) is 5.10 Å². The molecule has 0 atom stereocenters. The minimum Gasteiger partial charge on any atom is -0.449 e. The molecule has 0 spiro atoms. The van der Waals surface area contributed by atoms with Crippen molar-refractivity contribution in [3.8, 4) is 0 Å². The highest BCUT2D eigenvalue weighted by molar-refractivity contribution is 9.10. The van der Waals surface area contributed by atoms with E-state index in [2.05, 4.69) is 36.2 Å². The highest BCUT2D eigenvalue weighted by Crippen LogP contribution is 2.21. The SMILES string of the molecule is CCOC(=O)NN=Cc1c[nH]c2ccc(Br)cc12. The smallest absolute Gasteiger partial charge is 0.427 e. The number of amides is 1. The third kappa shape index (κ3) is 2.89. The molecule has 0 aliphatic heterocycles. The van der Waals surface area contributed by atoms with E-state index in [1.165, 1.54) is 0 Å². The number of carbonyl (C=O) groups excluding carboxylic acids is 1. The number of halogens is 1. The molecular weight excluding hydrogens is 298 g/mol. The van der Waals surface area contributed by atoms with Gasteiger partial charge in [-0.05, 0) is 25.1 Å². The molecule has 2 rings (SSSR count). The zero-order chi connectivity index (χ0) is 13.0. The summed E-state index contributed by atoms with van der Waals surface area (Å²) in [5.41, 5.74) is 4.19. The Balaban J connectivity index is 2.14. The number of aromatic amines is 1. The van der Waals surface area contributed by atoms with Crippen LogP contribution in [-0.2, 0) is 4.74 Å². The number of H-pyrrole nitrogens is 1. The van der Waals surface area contributed by atoms with E-state index in [0.717, 1.165) is 20.9 Å². The maximum Gasteiger partial charge on any atom is 0.427 e. The Bertz CT molecular complexity index is 592. The lowest BCUT2D eigenvalue weighted by atomic mass is 10.2. The normalized spacial score (nSPS) is 11.0. The molecular formula is C12H12BrN3O2. The summed E-state index contributed by atoms with van der Waals surface area (Å²) in [5.74, 6) is 0. The summed E-state index contributed by atoms with van der Waals surface area (Å²) in [6, 6.07) is 5.91. The fourth-order valence-corrected chi connectivity index (χ4v) is 1.90. The Morgan fingerprint density at radius 1 is 1.61 bits per heavy atom. The zero-order valence-corrected chi connectivity index (χ0v) is 11.3. The lowest BCUT2D eigenvalue weighted by Crippen LogP contribution is -2.18. The number of hydrogen-bond donors (Lipinski definition) is 2. The molecule has 1 aromatic carbocycles. The molecule has 6 heteroatoms. The van der Waals surface area contributed by atoms with E-state index in [1.54, 1.807) is 13.1 Å². The quantitative estimate of drug-likeness (QED) is 0.676. The van der Waals surface area contributed by atoms with E-state index in [9.17, 15) is 4.79 Å². The van der Waals surface area contributed by atoms with Gasteiger partial charge in [0, 0.05) is 27.1 Å². The van der Waals surface area contributed by atoms with E-state index in [0.29, 0.717) is 6.61 Å². The van der Waals surface area contributed by atoms with Gasteiger partial charge in [-0.3, -0.25) is 0 Å². The number of nitrogens with one attached hydrogen (secondary N) is 2. The Morgan fingerprint density at radius 2 is 2.44 bits per heavy atom. The minimum absolute atomic E-state index is 0.321. The van der Waals surface area contributed by atoms with Crippen LogP contribution < -0.4 is 5.43 Å². The number of fused-ring (bicyclic) bond motifs is 1. The molecule has 2 aromatic rings. The molecule has 1 aromatic heterocycles. The zero-order valence-electron chi connectivity index (χ0n) is 9.74. The standard InChI is InChI=1S/C12H12BrN3O2/c1-2-18-12(17)16-15-7-8-6-14-11-4-3-9(13)5-10(8)11/h3-7,14H,2H2,1H3,(H,16,17). The Morgan fingerprint density at radius 3 is 3.22 bits per heavy atom. The van der Waals surface area contributed by atoms with Crippen LogP contribution in [0, 0.1) is 0 Å². The summed E-state index contributed by atoms with van der Waals surface area (Å²) in [7, 11) is 0. The van der Waals surface area contributed by atoms with E-state index in [1.807, 2.05) is 24.4 Å². The third-order valence-corrected chi connectivity index (χ3v) is 2.80. The number of ether oxygens (including phenoxy) is 1. The maximum atomic E-state index is 11.0. The second kappa shape index (κ2) is 5.68. The lowest BCUT2D eigenvalue weighted by Gasteiger charge is -1.98. The maximum absolute atomic E-state index is 11.0. The molecule has 0 saturated carbocycles. The second-order valence-electron chi connectivity index (χ2n) is 3.52. The Labute approximate surface area is 112 Å². The number of benzene rings is 1. The first-order chi connectivity index (χ1) is 8.70. The van der Waals surface area contributed by atoms with Gasteiger partial charge in [-0.1, -0.05) is 15.9 Å². The van der Waals surface area contributed by atoms with Crippen molar-refractivity contribution < 1.29 is 9.53 Å². The van der Waals surface area contributed by atoms with Crippen LogP contribution in [0.15, 0.2) is 34.0 Å². The average Bonchev–Trinajstić information content (AvgIpc) is 2.72.